The second-order valence-electron chi connectivity index (χ2n) is 11.6. The second kappa shape index (κ2) is 17.0. The van der Waals surface area contributed by atoms with Gasteiger partial charge in [0.25, 0.3) is 0 Å². The Kier molecular flexibility index (Phi) is 12.3. The molecule has 0 atom stereocenters. The third-order valence-corrected chi connectivity index (χ3v) is 10.0. The first kappa shape index (κ1) is 36.2. The van der Waals surface area contributed by atoms with E-state index in [0.29, 0.717) is 11.4 Å². The van der Waals surface area contributed by atoms with Crippen molar-refractivity contribution in [3.63, 3.8) is 0 Å². The van der Waals surface area contributed by atoms with Gasteiger partial charge in [-0.3, -0.25) is 0 Å². The fourth-order valence-corrected chi connectivity index (χ4v) is 6.81. The molecule has 1 aliphatic heterocycles. The predicted octanol–water partition coefficient (Wildman–Crippen LogP) is 9.80. The van der Waals surface area contributed by atoms with Crippen molar-refractivity contribution in [2.24, 2.45) is 10.2 Å². The van der Waals surface area contributed by atoms with E-state index in [0.717, 1.165) is 18.8 Å². The highest BCUT2D eigenvalue weighted by Crippen LogP contribution is 2.44. The molecule has 0 N–H and O–H groups in total. The molecule has 2 aliphatic rings. The molecule has 0 saturated carbocycles. The Balaban J connectivity index is 0.000000197. The Bertz CT molecular complexity index is 2030. The molecule has 50 heavy (non-hydrogen) atoms. The minimum atomic E-state index is -4.43. The van der Waals surface area contributed by atoms with E-state index >= 15 is 0 Å². The second-order valence-corrected chi connectivity index (χ2v) is 14.0. The number of azo groups is 1. The number of rotatable bonds is 8. The van der Waals surface area contributed by atoms with Crippen LogP contribution in [-0.4, -0.2) is 50.4 Å². The molecule has 1 heterocycles. The van der Waals surface area contributed by atoms with Crippen LogP contribution in [-0.2, 0) is 10.1 Å². The van der Waals surface area contributed by atoms with Crippen molar-refractivity contribution in [1.82, 2.24) is 0 Å². The number of nitrogens with zero attached hydrogens (tertiary/aromatic N) is 4. The first-order valence-electron chi connectivity index (χ1n) is 16.3. The Hall–Kier alpha value is -5.09. The van der Waals surface area contributed by atoms with Gasteiger partial charge in [0, 0.05) is 40.7 Å². The third-order valence-electron chi connectivity index (χ3n) is 8.01. The normalized spacial score (nSPS) is 14.2. The Morgan fingerprint density at radius 3 is 1.52 bits per heavy atom. The molecule has 0 bridgehead atoms. The maximum Gasteiger partial charge on any atom is 0.199 e. The number of benzene rings is 4. The first-order chi connectivity index (χ1) is 24.1. The lowest BCUT2D eigenvalue weighted by molar-refractivity contribution is -0.462. The minimum absolute atomic E-state index is 0.278. The van der Waals surface area contributed by atoms with E-state index in [-0.39, 0.29) is 4.90 Å². The van der Waals surface area contributed by atoms with Crippen LogP contribution in [0, 0.1) is 0 Å². The summed E-state index contributed by atoms with van der Waals surface area (Å²) in [6.07, 6.45) is 13.4. The topological polar surface area (TPSA) is 88.2 Å². The lowest BCUT2D eigenvalue weighted by atomic mass is 9.99. The molecule has 4 aromatic rings. The molecule has 7 nitrogen and oxygen atoms in total. The lowest BCUT2D eigenvalue weighted by Crippen LogP contribution is -2.21. The van der Waals surface area contributed by atoms with Gasteiger partial charge in [-0.25, -0.2) is 13.0 Å². The molecule has 0 aromatic heterocycles. The first-order valence-corrected chi connectivity index (χ1v) is 18.6. The van der Waals surface area contributed by atoms with Gasteiger partial charge in [-0.05, 0) is 109 Å². The average molecular weight is 701 g/mol. The van der Waals surface area contributed by atoms with Crippen molar-refractivity contribution >= 4 is 54.5 Å². The molecule has 0 unspecified atom stereocenters. The standard InChI is InChI=1S/C25H22NS.C16H19N3O3S/c1-26(2)23-15-13-19(14-16-23)22-17-24(20-9-5-3-6-10-20)27-25(18-22)21-11-7-4-8-12-21;1-3-19(4-2)15-9-5-13(6-10-15)17-18-14-7-11-16(12-8-14)23(20,21)22/h3-18H,1-2H3;5-12H,3-4H2,1-2H3,(H,20,21,22)/q+1;/p-1. The van der Waals surface area contributed by atoms with Crippen LogP contribution in [0.1, 0.15) is 25.0 Å². The fourth-order valence-electron chi connectivity index (χ4n) is 5.22. The van der Waals surface area contributed by atoms with Crippen molar-refractivity contribution in [1.29, 1.82) is 0 Å². The van der Waals surface area contributed by atoms with Gasteiger partial charge in [-0.15, -0.1) is 0 Å². The zero-order valence-electron chi connectivity index (χ0n) is 28.6. The molecule has 0 radical (unpaired) electrons. The van der Waals surface area contributed by atoms with Crippen molar-refractivity contribution in [2.75, 3.05) is 32.1 Å². The minimum Gasteiger partial charge on any atom is -0.744 e. The molecule has 9 heteroatoms. The smallest absolute Gasteiger partial charge is 0.199 e. The maximum atomic E-state index is 10.8. The molecular weight excluding hydrogens is 661 g/mol. The van der Waals surface area contributed by atoms with Crippen LogP contribution in [0.25, 0.3) is 9.81 Å². The van der Waals surface area contributed by atoms with Gasteiger partial charge in [-0.2, -0.15) is 10.2 Å². The summed E-state index contributed by atoms with van der Waals surface area (Å²) in [7, 11) is -0.292. The Morgan fingerprint density at radius 1 is 0.640 bits per heavy atom. The van der Waals surface area contributed by atoms with E-state index in [1.165, 1.54) is 62.1 Å². The lowest BCUT2D eigenvalue weighted by Gasteiger charge is -2.20. The van der Waals surface area contributed by atoms with Crippen LogP contribution in [0.4, 0.5) is 17.1 Å². The molecule has 0 fully saturated rings. The van der Waals surface area contributed by atoms with Gasteiger partial charge < -0.3 is 9.45 Å². The van der Waals surface area contributed by atoms with Crippen molar-refractivity contribution in [3.8, 4) is 0 Å². The quantitative estimate of drug-likeness (QED) is 0.104. The van der Waals surface area contributed by atoms with Gasteiger partial charge in [0.05, 0.1) is 16.3 Å². The summed E-state index contributed by atoms with van der Waals surface area (Å²) in [5, 5.41) is 8.13. The Morgan fingerprint density at radius 2 is 1.10 bits per heavy atom. The largest absolute Gasteiger partial charge is 0.744 e. The van der Waals surface area contributed by atoms with Crippen molar-refractivity contribution in [3.05, 3.63) is 168 Å². The molecular formula is C41H40N4O3S2. The van der Waals surface area contributed by atoms with E-state index in [4.69, 9.17) is 0 Å². The van der Waals surface area contributed by atoms with E-state index in [9.17, 15) is 13.0 Å². The van der Waals surface area contributed by atoms with Crippen molar-refractivity contribution in [2.45, 2.75) is 18.7 Å². The molecule has 6 rings (SSSR count). The third kappa shape index (κ3) is 9.75. The predicted molar refractivity (Wildman–Crippen MR) is 207 cm³/mol. The summed E-state index contributed by atoms with van der Waals surface area (Å²) < 4.78 is 34.7. The fraction of sp³-hybridized carbons (Fsp3) is 0.146. The number of allylic oxidation sites excluding steroid dienone is 8. The van der Waals surface area contributed by atoms with Crippen LogP contribution in [0.5, 0.6) is 0 Å². The van der Waals surface area contributed by atoms with Crippen LogP contribution in [0.15, 0.2) is 172 Å². The average Bonchev–Trinajstić information content (AvgIpc) is 3.15. The highest BCUT2D eigenvalue weighted by atomic mass is 32.2. The molecule has 254 valence electrons. The summed E-state index contributed by atoms with van der Waals surface area (Å²) in [5.41, 5.74) is 8.51. The van der Waals surface area contributed by atoms with Gasteiger partial charge in [0.2, 0.25) is 0 Å². The monoisotopic (exact) mass is 700 g/mol. The highest BCUT2D eigenvalue weighted by molar-refractivity contribution is 8.16. The van der Waals surface area contributed by atoms with Gasteiger partial charge in [0.15, 0.2) is 5.71 Å². The van der Waals surface area contributed by atoms with Crippen LogP contribution in [0.2, 0.25) is 0 Å². The van der Waals surface area contributed by atoms with Gasteiger partial charge >= 0.3 is 0 Å². The zero-order chi connectivity index (χ0) is 35.5. The molecule has 0 amide bonds. The molecule has 1 aliphatic carbocycles. The SMILES string of the molecule is CCN(CC)c1ccc(N=Nc2ccc(S(=O)(=O)[O-])cc2)cc1.C[N+](C)=C1C=CC(=C2C=C(c3ccccc3)SC(c3ccccc3)=C2)C=C1. The summed E-state index contributed by atoms with van der Waals surface area (Å²) in [6.45, 7) is 6.07. The van der Waals surface area contributed by atoms with Crippen LogP contribution < -0.4 is 4.90 Å². The summed E-state index contributed by atoms with van der Waals surface area (Å²) in [6, 6.07) is 34.3. The van der Waals surface area contributed by atoms with Crippen LogP contribution >= 0.6 is 11.8 Å². The van der Waals surface area contributed by atoms with Crippen molar-refractivity contribution < 1.29 is 17.5 Å². The molecule has 0 spiro atoms. The molecule has 4 aromatic carbocycles. The van der Waals surface area contributed by atoms with E-state index in [1.807, 2.05) is 36.0 Å². The summed E-state index contributed by atoms with van der Waals surface area (Å²) in [4.78, 5) is 4.51. The summed E-state index contributed by atoms with van der Waals surface area (Å²) >= 11 is 1.84. The number of hydrogen-bond donors (Lipinski definition) is 0. The van der Waals surface area contributed by atoms with Gasteiger partial charge in [-0.1, -0.05) is 72.4 Å². The van der Waals surface area contributed by atoms with Crippen LogP contribution in [0.3, 0.4) is 0 Å². The highest BCUT2D eigenvalue weighted by Gasteiger charge is 2.16. The molecule has 0 saturated heterocycles. The van der Waals surface area contributed by atoms with E-state index < -0.39 is 10.1 Å². The van der Waals surface area contributed by atoms with E-state index in [2.05, 4.69) is 145 Å². The van der Waals surface area contributed by atoms with Gasteiger partial charge in [0.1, 0.15) is 24.2 Å². The maximum absolute atomic E-state index is 10.8. The van der Waals surface area contributed by atoms with E-state index in [1.54, 1.807) is 0 Å². The Labute approximate surface area is 299 Å². The zero-order valence-corrected chi connectivity index (χ0v) is 30.2. The number of thioether (sulfide) groups is 1. The number of hydrogen-bond acceptors (Lipinski definition) is 7. The number of anilines is 1. The summed E-state index contributed by atoms with van der Waals surface area (Å²) in [5.74, 6) is 0.